The number of nitrogens with one attached hydrogen (secondary N) is 2. The van der Waals surface area contributed by atoms with Crippen LogP contribution in [0.1, 0.15) is 16.3 Å². The molecule has 2 aromatic rings. The van der Waals surface area contributed by atoms with Crippen molar-refractivity contribution >= 4 is 17.3 Å². The summed E-state index contributed by atoms with van der Waals surface area (Å²) in [6.45, 7) is 0.529. The predicted molar refractivity (Wildman–Crippen MR) is 93.7 cm³/mol. The van der Waals surface area contributed by atoms with Gasteiger partial charge in [-0.15, -0.1) is 11.3 Å². The van der Waals surface area contributed by atoms with E-state index in [1.54, 1.807) is 27.3 Å². The van der Waals surface area contributed by atoms with Gasteiger partial charge in [0.15, 0.2) is 23.2 Å². The minimum atomic E-state index is -4.43. The second-order valence-corrected chi connectivity index (χ2v) is 6.00. The van der Waals surface area contributed by atoms with E-state index < -0.39 is 11.9 Å². The molecular weight excluding hydrogens is 369 g/mol. The number of aromatic nitrogens is 1. The topological polar surface area (TPSA) is 67.8 Å². The first-order chi connectivity index (χ1) is 12.4. The Hall–Kier alpha value is -2.49. The van der Waals surface area contributed by atoms with Crippen molar-refractivity contribution in [3.63, 3.8) is 0 Å². The summed E-state index contributed by atoms with van der Waals surface area (Å²) in [7, 11) is 4.68. The Labute approximate surface area is 153 Å². The smallest absolute Gasteiger partial charge is 0.434 e. The standard InChI is InChI=1S/C16H19F3N4O2S/c1-20-15(22-8-13-23-12(9-26-13)16(17,18)19)21-7-10-5-4-6-11(24-2)14(10)25-3/h4-6,9H,7-8H2,1-3H3,(H2,20,21,22). The van der Waals surface area contributed by atoms with Crippen molar-refractivity contribution in [1.29, 1.82) is 0 Å². The van der Waals surface area contributed by atoms with Gasteiger partial charge >= 0.3 is 6.18 Å². The fourth-order valence-corrected chi connectivity index (χ4v) is 2.91. The molecular formula is C16H19F3N4O2S. The third-order valence-corrected chi connectivity index (χ3v) is 4.25. The number of hydrogen-bond acceptors (Lipinski definition) is 5. The van der Waals surface area contributed by atoms with Crippen molar-refractivity contribution < 1.29 is 22.6 Å². The molecule has 2 rings (SSSR count). The van der Waals surface area contributed by atoms with Crippen molar-refractivity contribution in [2.24, 2.45) is 4.99 Å². The average Bonchev–Trinajstić information content (AvgIpc) is 3.10. The number of guanidine groups is 1. The second-order valence-electron chi connectivity index (χ2n) is 5.06. The van der Waals surface area contributed by atoms with E-state index in [1.807, 2.05) is 12.1 Å². The highest BCUT2D eigenvalue weighted by molar-refractivity contribution is 7.09. The minimum Gasteiger partial charge on any atom is -0.493 e. The molecule has 0 aliphatic rings. The molecule has 0 atom stereocenters. The molecule has 0 radical (unpaired) electrons. The van der Waals surface area contributed by atoms with Crippen molar-refractivity contribution in [2.45, 2.75) is 19.3 Å². The van der Waals surface area contributed by atoms with Crippen LogP contribution in [0.4, 0.5) is 13.2 Å². The lowest BCUT2D eigenvalue weighted by atomic mass is 10.2. The van der Waals surface area contributed by atoms with Crippen LogP contribution < -0.4 is 20.1 Å². The average molecular weight is 388 g/mol. The van der Waals surface area contributed by atoms with E-state index in [9.17, 15) is 13.2 Å². The summed E-state index contributed by atoms with van der Waals surface area (Å²) in [5.74, 6) is 1.64. The summed E-state index contributed by atoms with van der Waals surface area (Å²) in [5, 5.41) is 7.32. The third kappa shape index (κ3) is 5.01. The predicted octanol–water partition coefficient (Wildman–Crippen LogP) is 3.04. The zero-order chi connectivity index (χ0) is 19.2. The van der Waals surface area contributed by atoms with Gasteiger partial charge in [0.05, 0.1) is 20.8 Å². The lowest BCUT2D eigenvalue weighted by molar-refractivity contribution is -0.140. The van der Waals surface area contributed by atoms with E-state index in [-0.39, 0.29) is 6.54 Å². The van der Waals surface area contributed by atoms with Crippen molar-refractivity contribution in [1.82, 2.24) is 15.6 Å². The van der Waals surface area contributed by atoms with Crippen LogP contribution in [0.3, 0.4) is 0 Å². The van der Waals surface area contributed by atoms with Gasteiger partial charge in [0, 0.05) is 24.5 Å². The van der Waals surface area contributed by atoms with Crippen molar-refractivity contribution in [3.8, 4) is 11.5 Å². The molecule has 0 saturated carbocycles. The number of nitrogens with zero attached hydrogens (tertiary/aromatic N) is 2. The van der Waals surface area contributed by atoms with Gasteiger partial charge in [-0.25, -0.2) is 4.98 Å². The molecule has 0 fully saturated rings. The summed E-state index contributed by atoms with van der Waals surface area (Å²) < 4.78 is 48.3. The summed E-state index contributed by atoms with van der Waals surface area (Å²) in [6.07, 6.45) is -4.43. The summed E-state index contributed by atoms with van der Waals surface area (Å²) >= 11 is 0.941. The Bertz CT molecular complexity index is 762. The molecule has 0 amide bonds. The molecule has 0 spiro atoms. The molecule has 0 saturated heterocycles. The first-order valence-electron chi connectivity index (χ1n) is 7.55. The van der Waals surface area contributed by atoms with E-state index in [1.165, 1.54) is 0 Å². The lowest BCUT2D eigenvalue weighted by Gasteiger charge is -2.15. The minimum absolute atomic E-state index is 0.135. The van der Waals surface area contributed by atoms with Crippen LogP contribution >= 0.6 is 11.3 Å². The highest BCUT2D eigenvalue weighted by Crippen LogP contribution is 2.31. The van der Waals surface area contributed by atoms with E-state index in [0.29, 0.717) is 29.0 Å². The molecule has 26 heavy (non-hydrogen) atoms. The Morgan fingerprint density at radius 2 is 1.92 bits per heavy atom. The number of para-hydroxylation sites is 1. The molecule has 2 N–H and O–H groups in total. The Morgan fingerprint density at radius 1 is 1.19 bits per heavy atom. The zero-order valence-electron chi connectivity index (χ0n) is 14.5. The molecule has 142 valence electrons. The molecule has 1 heterocycles. The van der Waals surface area contributed by atoms with Gasteiger partial charge in [0.1, 0.15) is 5.01 Å². The lowest BCUT2D eigenvalue weighted by Crippen LogP contribution is -2.36. The molecule has 0 bridgehead atoms. The third-order valence-electron chi connectivity index (χ3n) is 3.40. The highest BCUT2D eigenvalue weighted by Gasteiger charge is 2.33. The number of aliphatic imine (C=N–C) groups is 1. The number of alkyl halides is 3. The van der Waals surface area contributed by atoms with Crippen LogP contribution in [0.5, 0.6) is 11.5 Å². The van der Waals surface area contributed by atoms with Gasteiger partial charge in [-0.1, -0.05) is 12.1 Å². The van der Waals surface area contributed by atoms with Crippen LogP contribution in [0, 0.1) is 0 Å². The van der Waals surface area contributed by atoms with Gasteiger partial charge < -0.3 is 20.1 Å². The van der Waals surface area contributed by atoms with Gasteiger partial charge in [-0.05, 0) is 6.07 Å². The molecule has 0 aliphatic carbocycles. The molecule has 6 nitrogen and oxygen atoms in total. The SMILES string of the molecule is CN=C(NCc1nc(C(F)(F)F)cs1)NCc1cccc(OC)c1OC. The van der Waals surface area contributed by atoms with E-state index in [2.05, 4.69) is 20.6 Å². The number of benzene rings is 1. The van der Waals surface area contributed by atoms with Crippen LogP contribution in [-0.2, 0) is 19.3 Å². The van der Waals surface area contributed by atoms with E-state index >= 15 is 0 Å². The van der Waals surface area contributed by atoms with Crippen molar-refractivity contribution in [3.05, 3.63) is 39.8 Å². The number of rotatable bonds is 6. The maximum Gasteiger partial charge on any atom is 0.434 e. The molecule has 0 aliphatic heterocycles. The fraction of sp³-hybridized carbons (Fsp3) is 0.375. The summed E-state index contributed by atoms with van der Waals surface area (Å²) in [6, 6.07) is 5.50. The van der Waals surface area contributed by atoms with Gasteiger partial charge in [0.2, 0.25) is 0 Å². The van der Waals surface area contributed by atoms with E-state index in [0.717, 1.165) is 22.3 Å². The number of halogens is 3. The largest absolute Gasteiger partial charge is 0.493 e. The summed E-state index contributed by atoms with van der Waals surface area (Å²) in [5.41, 5.74) is -0.0354. The van der Waals surface area contributed by atoms with Gasteiger partial charge in [-0.3, -0.25) is 4.99 Å². The van der Waals surface area contributed by atoms with Gasteiger partial charge in [-0.2, -0.15) is 13.2 Å². The zero-order valence-corrected chi connectivity index (χ0v) is 15.3. The van der Waals surface area contributed by atoms with Crippen LogP contribution in [-0.4, -0.2) is 32.2 Å². The molecule has 0 unspecified atom stereocenters. The highest BCUT2D eigenvalue weighted by atomic mass is 32.1. The van der Waals surface area contributed by atoms with Crippen LogP contribution in [0.15, 0.2) is 28.6 Å². The summed E-state index contributed by atoms with van der Waals surface area (Å²) in [4.78, 5) is 7.62. The number of ether oxygens (including phenoxy) is 2. The first kappa shape index (κ1) is 19.8. The van der Waals surface area contributed by atoms with Gasteiger partial charge in [0.25, 0.3) is 0 Å². The quantitative estimate of drug-likeness (QED) is 0.588. The Kier molecular flexibility index (Phi) is 6.67. The maximum absolute atomic E-state index is 12.6. The van der Waals surface area contributed by atoms with Crippen LogP contribution in [0.25, 0.3) is 0 Å². The molecule has 1 aromatic heterocycles. The Morgan fingerprint density at radius 3 is 2.50 bits per heavy atom. The fourth-order valence-electron chi connectivity index (χ4n) is 2.17. The monoisotopic (exact) mass is 388 g/mol. The van der Waals surface area contributed by atoms with Crippen LogP contribution in [0.2, 0.25) is 0 Å². The number of thiazole rings is 1. The number of hydrogen-bond donors (Lipinski definition) is 2. The van der Waals surface area contributed by atoms with E-state index in [4.69, 9.17) is 9.47 Å². The molecule has 10 heteroatoms. The normalized spacial score (nSPS) is 12.0. The number of methoxy groups -OCH3 is 2. The molecule has 1 aromatic carbocycles. The maximum atomic E-state index is 12.6. The van der Waals surface area contributed by atoms with Crippen molar-refractivity contribution in [2.75, 3.05) is 21.3 Å². The Balaban J connectivity index is 1.96. The first-order valence-corrected chi connectivity index (χ1v) is 8.43. The second kappa shape index (κ2) is 8.75.